The zero-order valence-corrected chi connectivity index (χ0v) is 15.1. The lowest BCUT2D eigenvalue weighted by Gasteiger charge is -2.23. The maximum absolute atomic E-state index is 6.10. The van der Waals surface area contributed by atoms with Gasteiger partial charge < -0.3 is 14.1 Å². The van der Waals surface area contributed by atoms with Crippen molar-refractivity contribution in [2.45, 2.75) is 32.2 Å². The molecule has 0 bridgehead atoms. The Morgan fingerprint density at radius 2 is 2.12 bits per heavy atom. The highest BCUT2D eigenvalue weighted by molar-refractivity contribution is 5.41. The molecule has 3 heterocycles. The third-order valence-electron chi connectivity index (χ3n) is 4.72. The van der Waals surface area contributed by atoms with Crippen molar-refractivity contribution in [3.63, 3.8) is 0 Å². The highest BCUT2D eigenvalue weighted by Crippen LogP contribution is 2.35. The number of hydrogen-bond donors (Lipinski definition) is 0. The van der Waals surface area contributed by atoms with Crippen LogP contribution < -0.4 is 9.64 Å². The molecule has 6 heteroatoms. The van der Waals surface area contributed by atoms with Crippen LogP contribution in [0.2, 0.25) is 0 Å². The molecule has 0 saturated carbocycles. The summed E-state index contributed by atoms with van der Waals surface area (Å²) in [6.45, 7) is 2.86. The van der Waals surface area contributed by atoms with Gasteiger partial charge in [-0.15, -0.1) is 0 Å². The quantitative estimate of drug-likeness (QED) is 0.699. The maximum atomic E-state index is 6.10. The lowest BCUT2D eigenvalue weighted by molar-refractivity contribution is 0.403. The van der Waals surface area contributed by atoms with E-state index in [0.29, 0.717) is 6.42 Å². The minimum Gasteiger partial charge on any atom is -0.496 e. The number of methoxy groups -OCH3 is 1. The first-order valence-electron chi connectivity index (χ1n) is 8.87. The predicted octanol–water partition coefficient (Wildman–Crippen LogP) is 3.71. The molecule has 2 aromatic heterocycles. The SMILES string of the molecule is COc1ccccc1Cc1cnc(C2CCCN2c2ccnc(C)n2)o1. The molecule has 1 aliphatic heterocycles. The smallest absolute Gasteiger partial charge is 0.217 e. The van der Waals surface area contributed by atoms with Crippen molar-refractivity contribution in [2.24, 2.45) is 0 Å². The largest absolute Gasteiger partial charge is 0.496 e. The Morgan fingerprint density at radius 3 is 2.96 bits per heavy atom. The highest BCUT2D eigenvalue weighted by atomic mass is 16.5. The lowest BCUT2D eigenvalue weighted by Crippen LogP contribution is -2.24. The van der Waals surface area contributed by atoms with Crippen molar-refractivity contribution in [1.82, 2.24) is 15.0 Å². The average Bonchev–Trinajstić information content (AvgIpc) is 3.31. The van der Waals surface area contributed by atoms with Gasteiger partial charge >= 0.3 is 0 Å². The van der Waals surface area contributed by atoms with Gasteiger partial charge in [-0.3, -0.25) is 0 Å². The summed E-state index contributed by atoms with van der Waals surface area (Å²) in [5.74, 6) is 4.17. The first-order valence-corrected chi connectivity index (χ1v) is 8.87. The van der Waals surface area contributed by atoms with E-state index in [-0.39, 0.29) is 6.04 Å². The van der Waals surface area contributed by atoms with Crippen LogP contribution in [-0.2, 0) is 6.42 Å². The topological polar surface area (TPSA) is 64.3 Å². The van der Waals surface area contributed by atoms with Gasteiger partial charge in [0.15, 0.2) is 0 Å². The summed E-state index contributed by atoms with van der Waals surface area (Å²) in [6, 6.07) is 10.1. The van der Waals surface area contributed by atoms with Crippen LogP contribution in [0, 0.1) is 6.92 Å². The monoisotopic (exact) mass is 350 g/mol. The molecule has 1 fully saturated rings. The average molecular weight is 350 g/mol. The summed E-state index contributed by atoms with van der Waals surface area (Å²) in [5, 5.41) is 0. The van der Waals surface area contributed by atoms with Gasteiger partial charge in [0.1, 0.15) is 29.2 Å². The Kier molecular flexibility index (Phi) is 4.56. The van der Waals surface area contributed by atoms with E-state index in [0.717, 1.165) is 54.0 Å². The van der Waals surface area contributed by atoms with Gasteiger partial charge in [0.2, 0.25) is 5.89 Å². The Balaban J connectivity index is 1.55. The molecule has 1 aliphatic rings. The first kappa shape index (κ1) is 16.6. The van der Waals surface area contributed by atoms with Crippen molar-refractivity contribution >= 4 is 5.82 Å². The Bertz CT molecular complexity index is 893. The van der Waals surface area contributed by atoms with Crippen LogP contribution >= 0.6 is 0 Å². The van der Waals surface area contributed by atoms with E-state index < -0.39 is 0 Å². The van der Waals surface area contributed by atoms with E-state index in [9.17, 15) is 0 Å². The van der Waals surface area contributed by atoms with Crippen molar-refractivity contribution in [1.29, 1.82) is 0 Å². The Morgan fingerprint density at radius 1 is 1.23 bits per heavy atom. The standard InChI is InChI=1S/C20H22N4O2/c1-14-21-10-9-19(23-14)24-11-5-7-17(24)20-22-13-16(26-20)12-15-6-3-4-8-18(15)25-2/h3-4,6,8-10,13,17H,5,7,11-12H2,1-2H3. The van der Waals surface area contributed by atoms with E-state index in [1.807, 2.05) is 43.5 Å². The minimum atomic E-state index is 0.121. The van der Waals surface area contributed by atoms with Gasteiger partial charge in [-0.05, 0) is 31.9 Å². The zero-order chi connectivity index (χ0) is 17.9. The normalized spacial score (nSPS) is 16.8. The van der Waals surface area contributed by atoms with E-state index in [1.165, 1.54) is 0 Å². The number of oxazole rings is 1. The molecule has 0 amide bonds. The Labute approximate surface area is 152 Å². The van der Waals surface area contributed by atoms with E-state index >= 15 is 0 Å². The summed E-state index contributed by atoms with van der Waals surface area (Å²) in [5.41, 5.74) is 1.09. The van der Waals surface area contributed by atoms with E-state index in [4.69, 9.17) is 9.15 Å². The third kappa shape index (κ3) is 3.27. The van der Waals surface area contributed by atoms with Gasteiger partial charge in [0.25, 0.3) is 0 Å². The molecule has 0 aliphatic carbocycles. The number of para-hydroxylation sites is 1. The summed E-state index contributed by atoms with van der Waals surface area (Å²) in [7, 11) is 1.69. The van der Waals surface area contributed by atoms with Gasteiger partial charge in [-0.25, -0.2) is 15.0 Å². The number of ether oxygens (including phenoxy) is 1. The molecule has 0 N–H and O–H groups in total. The maximum Gasteiger partial charge on any atom is 0.217 e. The molecule has 1 unspecified atom stereocenters. The summed E-state index contributed by atoms with van der Waals surface area (Å²) in [6.07, 6.45) is 6.39. The second-order valence-electron chi connectivity index (χ2n) is 6.47. The fourth-order valence-electron chi connectivity index (χ4n) is 3.50. The van der Waals surface area contributed by atoms with E-state index in [1.54, 1.807) is 13.3 Å². The molecular weight excluding hydrogens is 328 g/mol. The number of anilines is 1. The van der Waals surface area contributed by atoms with E-state index in [2.05, 4.69) is 19.9 Å². The van der Waals surface area contributed by atoms with Crippen LogP contribution in [0.15, 0.2) is 47.1 Å². The number of aromatic nitrogens is 3. The van der Waals surface area contributed by atoms with Crippen molar-refractivity contribution in [3.8, 4) is 5.75 Å². The molecule has 3 aromatic rings. The molecule has 1 atom stereocenters. The van der Waals surface area contributed by atoms with Gasteiger partial charge in [-0.2, -0.15) is 0 Å². The van der Waals surface area contributed by atoms with Crippen LogP contribution in [0.3, 0.4) is 0 Å². The predicted molar refractivity (Wildman–Crippen MR) is 98.4 cm³/mol. The summed E-state index contributed by atoms with van der Waals surface area (Å²) in [4.78, 5) is 15.6. The van der Waals surface area contributed by atoms with Crippen LogP contribution in [0.4, 0.5) is 5.82 Å². The number of hydrogen-bond acceptors (Lipinski definition) is 6. The van der Waals surface area contributed by atoms with Crippen LogP contribution in [-0.4, -0.2) is 28.6 Å². The molecule has 0 spiro atoms. The number of nitrogens with zero attached hydrogens (tertiary/aromatic N) is 4. The number of rotatable bonds is 5. The van der Waals surface area contributed by atoms with Gasteiger partial charge in [0.05, 0.1) is 13.3 Å². The second-order valence-corrected chi connectivity index (χ2v) is 6.47. The molecule has 6 nitrogen and oxygen atoms in total. The van der Waals surface area contributed by atoms with Crippen LogP contribution in [0.5, 0.6) is 5.75 Å². The first-order chi connectivity index (χ1) is 12.7. The fourth-order valence-corrected chi connectivity index (χ4v) is 3.50. The highest BCUT2D eigenvalue weighted by Gasteiger charge is 2.31. The van der Waals surface area contributed by atoms with Crippen molar-refractivity contribution in [2.75, 3.05) is 18.6 Å². The van der Waals surface area contributed by atoms with Crippen molar-refractivity contribution in [3.05, 3.63) is 65.8 Å². The van der Waals surface area contributed by atoms with Crippen LogP contribution in [0.1, 0.15) is 41.9 Å². The second kappa shape index (κ2) is 7.15. The van der Waals surface area contributed by atoms with Crippen molar-refractivity contribution < 1.29 is 9.15 Å². The third-order valence-corrected chi connectivity index (χ3v) is 4.72. The fraction of sp³-hybridized carbons (Fsp3) is 0.350. The molecule has 4 rings (SSSR count). The van der Waals surface area contributed by atoms with Gasteiger partial charge in [0, 0.05) is 24.7 Å². The zero-order valence-electron chi connectivity index (χ0n) is 15.1. The molecule has 26 heavy (non-hydrogen) atoms. The molecule has 1 aromatic carbocycles. The number of benzene rings is 1. The summed E-state index contributed by atoms with van der Waals surface area (Å²) < 4.78 is 11.5. The number of aryl methyl sites for hydroxylation is 1. The van der Waals surface area contributed by atoms with Gasteiger partial charge in [-0.1, -0.05) is 18.2 Å². The molecule has 1 saturated heterocycles. The summed E-state index contributed by atoms with van der Waals surface area (Å²) >= 11 is 0. The molecular formula is C20H22N4O2. The molecule has 134 valence electrons. The van der Waals surface area contributed by atoms with Crippen LogP contribution in [0.25, 0.3) is 0 Å². The Hall–Kier alpha value is -2.89. The molecule has 0 radical (unpaired) electrons. The lowest BCUT2D eigenvalue weighted by atomic mass is 10.1. The minimum absolute atomic E-state index is 0.121.